The quantitative estimate of drug-likeness (QED) is 0.330. The first-order chi connectivity index (χ1) is 19.6. The Morgan fingerprint density at radius 2 is 1.57 bits per heavy atom. The van der Waals surface area contributed by atoms with E-state index < -0.39 is 0 Å². The Balaban J connectivity index is 1.25. The van der Waals surface area contributed by atoms with E-state index in [0.717, 1.165) is 63.4 Å². The van der Waals surface area contributed by atoms with Gasteiger partial charge in [0.15, 0.2) is 0 Å². The zero-order valence-electron chi connectivity index (χ0n) is 23.5. The predicted molar refractivity (Wildman–Crippen MR) is 159 cm³/mol. The zero-order chi connectivity index (χ0) is 27.7. The van der Waals surface area contributed by atoms with E-state index in [1.165, 1.54) is 24.1 Å². The van der Waals surface area contributed by atoms with Crippen LogP contribution in [0.3, 0.4) is 0 Å². The van der Waals surface area contributed by atoms with Gasteiger partial charge in [0, 0.05) is 51.5 Å². The van der Waals surface area contributed by atoms with Crippen LogP contribution in [0.15, 0.2) is 78.9 Å². The van der Waals surface area contributed by atoms with Gasteiger partial charge in [-0.25, -0.2) is 0 Å². The maximum Gasteiger partial charge on any atom is 0.230 e. The number of carbonyl (C=O) groups is 1. The normalized spacial score (nSPS) is 17.4. The van der Waals surface area contributed by atoms with Gasteiger partial charge in [0.1, 0.15) is 0 Å². The van der Waals surface area contributed by atoms with Gasteiger partial charge in [-0.05, 0) is 60.2 Å². The minimum Gasteiger partial charge on any atom is -0.372 e. The Morgan fingerprint density at radius 1 is 0.875 bits per heavy atom. The third-order valence-corrected chi connectivity index (χ3v) is 8.26. The van der Waals surface area contributed by atoms with Crippen LogP contribution < -0.4 is 4.90 Å². The summed E-state index contributed by atoms with van der Waals surface area (Å²) >= 11 is 0. The van der Waals surface area contributed by atoms with Gasteiger partial charge < -0.3 is 14.5 Å². The van der Waals surface area contributed by atoms with Crippen LogP contribution in [0.25, 0.3) is 0 Å². The van der Waals surface area contributed by atoms with Crippen molar-refractivity contribution in [1.82, 2.24) is 9.80 Å². The van der Waals surface area contributed by atoms with E-state index >= 15 is 0 Å². The van der Waals surface area contributed by atoms with E-state index in [1.54, 1.807) is 0 Å². The molecule has 2 atom stereocenters. The van der Waals surface area contributed by atoms with Crippen molar-refractivity contribution in [2.24, 2.45) is 0 Å². The van der Waals surface area contributed by atoms with Gasteiger partial charge in [0.25, 0.3) is 0 Å². The molecule has 2 fully saturated rings. The number of nitrogens with zero attached hydrogens (tertiary/aromatic N) is 4. The molecule has 40 heavy (non-hydrogen) atoms. The van der Waals surface area contributed by atoms with Gasteiger partial charge in [-0.15, -0.1) is 0 Å². The molecule has 0 spiro atoms. The molecule has 0 aromatic heterocycles. The molecule has 0 unspecified atom stereocenters. The maximum absolute atomic E-state index is 13.4. The van der Waals surface area contributed by atoms with Crippen molar-refractivity contribution in [2.75, 3.05) is 50.7 Å². The highest BCUT2D eigenvalue weighted by Gasteiger charge is 2.29. The third kappa shape index (κ3) is 6.91. The average Bonchev–Trinajstić information content (AvgIpc) is 3.56. The molecule has 0 aliphatic carbocycles. The molecule has 0 radical (unpaired) electrons. The number of carbonyl (C=O) groups excluding carboxylic acids is 1. The summed E-state index contributed by atoms with van der Waals surface area (Å²) in [5.41, 5.74) is 5.27. The number of ether oxygens (including phenoxy) is 1. The molecule has 0 N–H and O–H groups in total. The van der Waals surface area contributed by atoms with Crippen molar-refractivity contribution >= 4 is 11.6 Å². The number of nitriles is 1. The highest BCUT2D eigenvalue weighted by atomic mass is 16.5. The second-order valence-corrected chi connectivity index (χ2v) is 10.9. The molecule has 2 aliphatic heterocycles. The van der Waals surface area contributed by atoms with Crippen molar-refractivity contribution in [2.45, 2.75) is 44.8 Å². The number of amides is 1. The Bertz CT molecular complexity index is 1270. The first-order valence-corrected chi connectivity index (χ1v) is 14.7. The van der Waals surface area contributed by atoms with Crippen LogP contribution in [-0.4, -0.2) is 61.5 Å². The average molecular weight is 537 g/mol. The Morgan fingerprint density at radius 3 is 2.25 bits per heavy atom. The summed E-state index contributed by atoms with van der Waals surface area (Å²) in [6.07, 6.45) is 3.21. The van der Waals surface area contributed by atoms with Crippen molar-refractivity contribution < 1.29 is 9.53 Å². The summed E-state index contributed by atoms with van der Waals surface area (Å²) in [6.45, 7) is 8.71. The lowest BCUT2D eigenvalue weighted by molar-refractivity contribution is -0.135. The lowest BCUT2D eigenvalue weighted by Gasteiger charge is -2.38. The minimum atomic E-state index is -0.0897. The SMILES string of the molecule is CC[C@@H](C(=O)N1CCN(C[C@H](OCc2ccc(C#N)cc2)c2cccc(N3CCCC3)c2)CC1)c1ccccc1. The molecular formula is C34H40N4O2. The molecule has 1 amide bonds. The Kier molecular flexibility index (Phi) is 9.49. The molecule has 5 rings (SSSR count). The minimum absolute atomic E-state index is 0.0791. The first-order valence-electron chi connectivity index (χ1n) is 14.7. The van der Waals surface area contributed by atoms with E-state index in [2.05, 4.69) is 59.2 Å². The van der Waals surface area contributed by atoms with Gasteiger partial charge in [0.2, 0.25) is 5.91 Å². The lowest BCUT2D eigenvalue weighted by Crippen LogP contribution is -2.50. The molecule has 3 aromatic rings. The van der Waals surface area contributed by atoms with E-state index in [4.69, 9.17) is 10.00 Å². The van der Waals surface area contributed by atoms with Crippen molar-refractivity contribution in [3.8, 4) is 6.07 Å². The van der Waals surface area contributed by atoms with Gasteiger partial charge in [0.05, 0.1) is 30.3 Å². The molecule has 0 bridgehead atoms. The van der Waals surface area contributed by atoms with Crippen LogP contribution in [0.1, 0.15) is 60.5 Å². The number of anilines is 1. The van der Waals surface area contributed by atoms with Crippen LogP contribution in [0.2, 0.25) is 0 Å². The van der Waals surface area contributed by atoms with Crippen LogP contribution in [-0.2, 0) is 16.1 Å². The molecule has 6 heteroatoms. The van der Waals surface area contributed by atoms with E-state index in [1.807, 2.05) is 47.4 Å². The Labute approximate surface area is 238 Å². The monoisotopic (exact) mass is 536 g/mol. The van der Waals surface area contributed by atoms with Crippen LogP contribution in [0.5, 0.6) is 0 Å². The number of hydrogen-bond acceptors (Lipinski definition) is 5. The van der Waals surface area contributed by atoms with E-state index in [-0.39, 0.29) is 17.9 Å². The standard InChI is InChI=1S/C34H40N4O2/c1-2-32(29-9-4-3-5-10-29)34(39)38-21-19-36(20-22-38)25-33(40-26-28-15-13-27(24-35)14-16-28)30-11-8-12-31(23-30)37-17-6-7-18-37/h3-5,8-16,23,32-33H,2,6-7,17-22,25-26H2,1H3/t32-,33+/m1/s1. The second kappa shape index (κ2) is 13.6. The van der Waals surface area contributed by atoms with Crippen LogP contribution in [0, 0.1) is 11.3 Å². The van der Waals surface area contributed by atoms with Crippen molar-refractivity contribution in [1.29, 1.82) is 5.26 Å². The Hall–Kier alpha value is -3.66. The first kappa shape index (κ1) is 27.9. The molecule has 2 heterocycles. The fourth-order valence-electron chi connectivity index (χ4n) is 5.87. The number of rotatable bonds is 10. The largest absolute Gasteiger partial charge is 0.372 e. The number of piperazine rings is 1. The summed E-state index contributed by atoms with van der Waals surface area (Å²) in [6, 6.07) is 28.8. The highest BCUT2D eigenvalue weighted by molar-refractivity contribution is 5.83. The van der Waals surface area contributed by atoms with Crippen LogP contribution >= 0.6 is 0 Å². The van der Waals surface area contributed by atoms with Gasteiger partial charge in [-0.3, -0.25) is 9.69 Å². The summed E-state index contributed by atoms with van der Waals surface area (Å²) in [5.74, 6) is 0.157. The van der Waals surface area contributed by atoms with E-state index in [9.17, 15) is 4.79 Å². The summed E-state index contributed by atoms with van der Waals surface area (Å²) in [5, 5.41) is 9.13. The summed E-state index contributed by atoms with van der Waals surface area (Å²) < 4.78 is 6.57. The molecule has 0 saturated carbocycles. The van der Waals surface area contributed by atoms with Gasteiger partial charge in [-0.2, -0.15) is 5.26 Å². The fourth-order valence-corrected chi connectivity index (χ4v) is 5.87. The van der Waals surface area contributed by atoms with Crippen LogP contribution in [0.4, 0.5) is 5.69 Å². The molecule has 208 valence electrons. The highest BCUT2D eigenvalue weighted by Crippen LogP contribution is 2.28. The summed E-state index contributed by atoms with van der Waals surface area (Å²) in [7, 11) is 0. The number of benzene rings is 3. The van der Waals surface area contributed by atoms with Crippen molar-refractivity contribution in [3.63, 3.8) is 0 Å². The topological polar surface area (TPSA) is 59.8 Å². The van der Waals surface area contributed by atoms with Gasteiger partial charge >= 0.3 is 0 Å². The maximum atomic E-state index is 13.4. The van der Waals surface area contributed by atoms with E-state index in [0.29, 0.717) is 12.2 Å². The summed E-state index contributed by atoms with van der Waals surface area (Å²) in [4.78, 5) is 20.3. The number of hydrogen-bond donors (Lipinski definition) is 0. The van der Waals surface area contributed by atoms with Gasteiger partial charge in [-0.1, -0.05) is 61.5 Å². The zero-order valence-corrected chi connectivity index (χ0v) is 23.5. The second-order valence-electron chi connectivity index (χ2n) is 10.9. The predicted octanol–water partition coefficient (Wildman–Crippen LogP) is 5.75. The third-order valence-electron chi connectivity index (χ3n) is 8.26. The molecular weight excluding hydrogens is 496 g/mol. The molecule has 2 aliphatic rings. The van der Waals surface area contributed by atoms with Crippen molar-refractivity contribution in [3.05, 3.63) is 101 Å². The molecule has 6 nitrogen and oxygen atoms in total. The smallest absolute Gasteiger partial charge is 0.230 e. The fraction of sp³-hybridized carbons (Fsp3) is 0.412. The molecule has 3 aromatic carbocycles. The molecule has 2 saturated heterocycles. The lowest BCUT2D eigenvalue weighted by atomic mass is 9.94.